The van der Waals surface area contributed by atoms with Gasteiger partial charge in [-0.2, -0.15) is 0 Å². The molecule has 1 atom stereocenters. The lowest BCUT2D eigenvalue weighted by molar-refractivity contribution is -0.125. The fraction of sp³-hybridized carbons (Fsp3) is 0.375. The standard InChI is InChI=1S/C16H20ClN3OS/c1-9-13(10(2)20-15(21)16(3,4)18)22-14(19-9)11-5-7-12(17)8-6-11/h5-8,10H,18H2,1-4H3,(H,20,21). The number of aromatic nitrogens is 1. The van der Waals surface area contributed by atoms with Gasteiger partial charge in [-0.3, -0.25) is 4.79 Å². The minimum Gasteiger partial charge on any atom is -0.347 e. The Morgan fingerprint density at radius 1 is 1.36 bits per heavy atom. The van der Waals surface area contributed by atoms with E-state index in [1.807, 2.05) is 38.1 Å². The Hall–Kier alpha value is -1.43. The number of hydrogen-bond acceptors (Lipinski definition) is 4. The van der Waals surface area contributed by atoms with Crippen molar-refractivity contribution in [3.63, 3.8) is 0 Å². The molecule has 118 valence electrons. The van der Waals surface area contributed by atoms with Crippen molar-refractivity contribution in [3.05, 3.63) is 39.9 Å². The Morgan fingerprint density at radius 3 is 2.50 bits per heavy atom. The van der Waals surface area contributed by atoms with Gasteiger partial charge in [0.25, 0.3) is 0 Å². The lowest BCUT2D eigenvalue weighted by atomic mass is 10.1. The first kappa shape index (κ1) is 16.9. The Kier molecular flexibility index (Phi) is 4.90. The highest BCUT2D eigenvalue weighted by Gasteiger charge is 2.25. The van der Waals surface area contributed by atoms with Crippen molar-refractivity contribution in [3.8, 4) is 10.6 Å². The van der Waals surface area contributed by atoms with Crippen LogP contribution in [0.3, 0.4) is 0 Å². The summed E-state index contributed by atoms with van der Waals surface area (Å²) in [5, 5.41) is 4.55. The highest BCUT2D eigenvalue weighted by Crippen LogP contribution is 2.32. The molecule has 0 saturated carbocycles. The normalized spacial score (nSPS) is 13.0. The van der Waals surface area contributed by atoms with Gasteiger partial charge in [-0.1, -0.05) is 23.7 Å². The minimum atomic E-state index is -0.897. The molecule has 1 unspecified atom stereocenters. The van der Waals surface area contributed by atoms with Crippen LogP contribution in [0.2, 0.25) is 5.02 Å². The van der Waals surface area contributed by atoms with Crippen molar-refractivity contribution in [2.45, 2.75) is 39.3 Å². The molecule has 22 heavy (non-hydrogen) atoms. The van der Waals surface area contributed by atoms with Crippen LogP contribution >= 0.6 is 22.9 Å². The van der Waals surface area contributed by atoms with Crippen LogP contribution < -0.4 is 11.1 Å². The molecule has 2 rings (SSSR count). The number of nitrogens with two attached hydrogens (primary N) is 1. The largest absolute Gasteiger partial charge is 0.347 e. The number of halogens is 1. The number of carbonyl (C=O) groups is 1. The molecule has 3 N–H and O–H groups in total. The summed E-state index contributed by atoms with van der Waals surface area (Å²) in [4.78, 5) is 17.6. The number of nitrogens with one attached hydrogen (secondary N) is 1. The number of benzene rings is 1. The first-order valence-electron chi connectivity index (χ1n) is 7.01. The fourth-order valence-corrected chi connectivity index (χ4v) is 3.17. The van der Waals surface area contributed by atoms with Gasteiger partial charge in [0, 0.05) is 10.6 Å². The number of aryl methyl sites for hydroxylation is 1. The van der Waals surface area contributed by atoms with E-state index in [4.69, 9.17) is 17.3 Å². The summed E-state index contributed by atoms with van der Waals surface area (Å²) >= 11 is 7.48. The molecule has 6 heteroatoms. The van der Waals surface area contributed by atoms with Crippen LogP contribution in [-0.4, -0.2) is 16.4 Å². The van der Waals surface area contributed by atoms with Gasteiger partial charge in [0.1, 0.15) is 5.01 Å². The third-order valence-electron chi connectivity index (χ3n) is 3.25. The molecule has 0 fully saturated rings. The molecule has 1 aromatic carbocycles. The van der Waals surface area contributed by atoms with E-state index < -0.39 is 5.54 Å². The number of carbonyl (C=O) groups excluding carboxylic acids is 1. The van der Waals surface area contributed by atoms with Crippen LogP contribution in [0.1, 0.15) is 37.4 Å². The molecule has 0 radical (unpaired) electrons. The van der Waals surface area contributed by atoms with E-state index in [9.17, 15) is 4.79 Å². The van der Waals surface area contributed by atoms with Crippen LogP contribution in [0.25, 0.3) is 10.6 Å². The molecule has 0 saturated heterocycles. The maximum absolute atomic E-state index is 12.0. The zero-order chi connectivity index (χ0) is 16.5. The third kappa shape index (κ3) is 3.85. The van der Waals surface area contributed by atoms with E-state index in [1.54, 1.807) is 25.2 Å². The minimum absolute atomic E-state index is 0.131. The van der Waals surface area contributed by atoms with E-state index in [0.29, 0.717) is 5.02 Å². The van der Waals surface area contributed by atoms with Gasteiger partial charge in [0.15, 0.2) is 0 Å². The zero-order valence-corrected chi connectivity index (χ0v) is 14.7. The summed E-state index contributed by atoms with van der Waals surface area (Å²) in [6.07, 6.45) is 0. The van der Waals surface area contributed by atoms with Crippen LogP contribution in [0.5, 0.6) is 0 Å². The monoisotopic (exact) mass is 337 g/mol. The highest BCUT2D eigenvalue weighted by molar-refractivity contribution is 7.15. The maximum atomic E-state index is 12.0. The summed E-state index contributed by atoms with van der Waals surface area (Å²) in [5.41, 5.74) is 6.85. The lowest BCUT2D eigenvalue weighted by Gasteiger charge is -2.21. The van der Waals surface area contributed by atoms with E-state index >= 15 is 0 Å². The SMILES string of the molecule is Cc1nc(-c2ccc(Cl)cc2)sc1C(C)NC(=O)C(C)(C)N. The second-order valence-electron chi connectivity index (χ2n) is 5.89. The molecule has 0 aliphatic carbocycles. The van der Waals surface area contributed by atoms with Crippen molar-refractivity contribution in [1.29, 1.82) is 0 Å². The van der Waals surface area contributed by atoms with Crippen molar-refractivity contribution < 1.29 is 4.79 Å². The average Bonchev–Trinajstić information content (AvgIpc) is 2.80. The van der Waals surface area contributed by atoms with E-state index in [1.165, 1.54) is 0 Å². The smallest absolute Gasteiger partial charge is 0.240 e. The van der Waals surface area contributed by atoms with Crippen LogP contribution in [0.15, 0.2) is 24.3 Å². The molecule has 0 aliphatic heterocycles. The Labute approximate surface area is 139 Å². The Morgan fingerprint density at radius 2 is 1.95 bits per heavy atom. The Bertz CT molecular complexity index is 674. The van der Waals surface area contributed by atoms with Crippen molar-refractivity contribution >= 4 is 28.8 Å². The van der Waals surface area contributed by atoms with Gasteiger partial charge in [0.2, 0.25) is 5.91 Å². The maximum Gasteiger partial charge on any atom is 0.240 e. The first-order valence-corrected chi connectivity index (χ1v) is 8.21. The second kappa shape index (κ2) is 6.36. The van der Waals surface area contributed by atoms with E-state index in [2.05, 4.69) is 10.3 Å². The van der Waals surface area contributed by atoms with E-state index in [-0.39, 0.29) is 11.9 Å². The molecular formula is C16H20ClN3OS. The molecule has 4 nitrogen and oxygen atoms in total. The van der Waals surface area contributed by atoms with Gasteiger partial charge in [-0.15, -0.1) is 11.3 Å². The Balaban J connectivity index is 2.22. The average molecular weight is 338 g/mol. The van der Waals surface area contributed by atoms with Crippen LogP contribution in [-0.2, 0) is 4.79 Å². The summed E-state index contributed by atoms with van der Waals surface area (Å²) in [6, 6.07) is 7.44. The summed E-state index contributed by atoms with van der Waals surface area (Å²) in [7, 11) is 0. The third-order valence-corrected chi connectivity index (χ3v) is 4.89. The van der Waals surface area contributed by atoms with Crippen molar-refractivity contribution in [2.75, 3.05) is 0 Å². The zero-order valence-electron chi connectivity index (χ0n) is 13.1. The van der Waals surface area contributed by atoms with Gasteiger partial charge in [0.05, 0.1) is 22.2 Å². The van der Waals surface area contributed by atoms with Crippen molar-refractivity contribution in [1.82, 2.24) is 10.3 Å². The van der Waals surface area contributed by atoms with Crippen LogP contribution in [0, 0.1) is 6.92 Å². The van der Waals surface area contributed by atoms with Gasteiger partial charge < -0.3 is 11.1 Å². The van der Waals surface area contributed by atoms with Gasteiger partial charge in [-0.25, -0.2) is 4.98 Å². The predicted molar refractivity (Wildman–Crippen MR) is 92.1 cm³/mol. The number of hydrogen-bond donors (Lipinski definition) is 2. The molecule has 1 amide bonds. The molecule has 1 heterocycles. The molecule has 0 bridgehead atoms. The molecule has 1 aromatic heterocycles. The predicted octanol–water partition coefficient (Wildman–Crippen LogP) is 3.69. The number of rotatable bonds is 4. The quantitative estimate of drug-likeness (QED) is 0.894. The number of nitrogens with zero attached hydrogens (tertiary/aromatic N) is 1. The second-order valence-corrected chi connectivity index (χ2v) is 7.36. The molecular weight excluding hydrogens is 318 g/mol. The molecule has 2 aromatic rings. The number of thiazole rings is 1. The summed E-state index contributed by atoms with van der Waals surface area (Å²) in [5.74, 6) is -0.180. The number of amides is 1. The fourth-order valence-electron chi connectivity index (χ4n) is 1.97. The van der Waals surface area contributed by atoms with E-state index in [0.717, 1.165) is 21.1 Å². The topological polar surface area (TPSA) is 68.0 Å². The van der Waals surface area contributed by atoms with Crippen molar-refractivity contribution in [2.24, 2.45) is 5.73 Å². The van der Waals surface area contributed by atoms with Gasteiger partial charge >= 0.3 is 0 Å². The summed E-state index contributed by atoms with van der Waals surface area (Å²) in [6.45, 7) is 7.26. The molecule has 0 aliphatic rings. The summed E-state index contributed by atoms with van der Waals surface area (Å²) < 4.78 is 0. The lowest BCUT2D eigenvalue weighted by Crippen LogP contribution is -2.49. The first-order chi connectivity index (χ1) is 10.2. The van der Waals surface area contributed by atoms with Gasteiger partial charge in [-0.05, 0) is 39.8 Å². The molecule has 0 spiro atoms. The van der Waals surface area contributed by atoms with Crippen LogP contribution in [0.4, 0.5) is 0 Å². The highest BCUT2D eigenvalue weighted by atomic mass is 35.5.